The summed E-state index contributed by atoms with van der Waals surface area (Å²) in [4.78, 5) is 2.65. The molecule has 0 aliphatic carbocycles. The molecule has 0 fully saturated rings. The number of aryl methyl sites for hydroxylation is 2. The Bertz CT molecular complexity index is 786. The van der Waals surface area contributed by atoms with Gasteiger partial charge in [0.1, 0.15) is 11.6 Å². The average molecular weight is 476 g/mol. The van der Waals surface area contributed by atoms with E-state index in [1.807, 2.05) is 0 Å². The molecular formula is C30H47F2NO. The summed E-state index contributed by atoms with van der Waals surface area (Å²) in [6.45, 7) is 21.5. The van der Waals surface area contributed by atoms with Crippen molar-refractivity contribution in [3.05, 3.63) is 70.3 Å². The highest BCUT2D eigenvalue weighted by molar-refractivity contribution is 5.35. The Morgan fingerprint density at radius 2 is 1.24 bits per heavy atom. The average Bonchev–Trinajstić information content (AvgIpc) is 2.80. The first-order valence-corrected chi connectivity index (χ1v) is 12.9. The van der Waals surface area contributed by atoms with Crippen molar-refractivity contribution in [3.63, 3.8) is 0 Å². The van der Waals surface area contributed by atoms with Crippen LogP contribution in [0.1, 0.15) is 82.2 Å². The third-order valence-corrected chi connectivity index (χ3v) is 6.55. The maximum atomic E-state index is 12.3. The zero-order valence-electron chi connectivity index (χ0n) is 22.8. The highest BCUT2D eigenvalue weighted by Gasteiger charge is 2.22. The first kappa shape index (κ1) is 30.3. The van der Waals surface area contributed by atoms with Gasteiger partial charge in [0.2, 0.25) is 0 Å². The number of halogens is 2. The van der Waals surface area contributed by atoms with E-state index in [9.17, 15) is 8.78 Å². The summed E-state index contributed by atoms with van der Waals surface area (Å²) in [6, 6.07) is 10.4. The molecule has 0 aliphatic rings. The Kier molecular flexibility index (Phi) is 14.2. The van der Waals surface area contributed by atoms with E-state index >= 15 is 0 Å². The van der Waals surface area contributed by atoms with E-state index < -0.39 is 11.6 Å². The van der Waals surface area contributed by atoms with Crippen LogP contribution in [0.5, 0.6) is 0 Å². The lowest BCUT2D eigenvalue weighted by molar-refractivity contribution is 0.0179. The SMILES string of the molecule is CCCOC(CN(CC(C)CC)CC(C)CC)c1c(C)cccc1C.Cc1c(F)cccc1F. The number of rotatable bonds is 12. The highest BCUT2D eigenvalue weighted by Crippen LogP contribution is 2.27. The van der Waals surface area contributed by atoms with Gasteiger partial charge in [-0.25, -0.2) is 8.78 Å². The molecule has 2 rings (SSSR count). The maximum absolute atomic E-state index is 12.3. The van der Waals surface area contributed by atoms with Gasteiger partial charge in [-0.2, -0.15) is 0 Å². The zero-order chi connectivity index (χ0) is 25.7. The molecule has 4 heteroatoms. The summed E-state index contributed by atoms with van der Waals surface area (Å²) in [5.41, 5.74) is 4.19. The standard InChI is InChI=1S/C23H41NO.C7H6F2/c1-8-14-25-22(23-20(6)12-11-13-21(23)7)17-24(15-18(4)9-2)16-19(5)10-3;1-5-6(8)3-2-4-7(5)9/h11-13,18-19,22H,8-10,14-17H2,1-7H3;2-4H,1H3. The Hall–Kier alpha value is -1.78. The van der Waals surface area contributed by atoms with E-state index in [4.69, 9.17) is 4.74 Å². The van der Waals surface area contributed by atoms with Crippen LogP contribution < -0.4 is 0 Å². The fourth-order valence-electron chi connectivity index (χ4n) is 4.00. The molecule has 192 valence electrons. The third kappa shape index (κ3) is 10.2. The predicted molar refractivity (Wildman–Crippen MR) is 141 cm³/mol. The zero-order valence-corrected chi connectivity index (χ0v) is 22.8. The Labute approximate surface area is 207 Å². The summed E-state index contributed by atoms with van der Waals surface area (Å²) in [6.07, 6.45) is 3.72. The number of nitrogens with zero attached hydrogens (tertiary/aromatic N) is 1. The van der Waals surface area contributed by atoms with E-state index in [1.165, 1.54) is 54.7 Å². The Morgan fingerprint density at radius 1 is 0.765 bits per heavy atom. The molecule has 0 amide bonds. The molecular weight excluding hydrogens is 428 g/mol. The lowest BCUT2D eigenvalue weighted by atomic mass is 9.96. The van der Waals surface area contributed by atoms with E-state index in [1.54, 1.807) is 0 Å². The van der Waals surface area contributed by atoms with Crippen LogP contribution in [0.3, 0.4) is 0 Å². The summed E-state index contributed by atoms with van der Waals surface area (Å²) >= 11 is 0. The second kappa shape index (κ2) is 16.0. The molecule has 2 nitrogen and oxygen atoms in total. The molecule has 2 aromatic carbocycles. The van der Waals surface area contributed by atoms with E-state index in [0.29, 0.717) is 0 Å². The first-order chi connectivity index (χ1) is 16.1. The normalized spacial score (nSPS) is 13.9. The lowest BCUT2D eigenvalue weighted by Crippen LogP contribution is -2.37. The van der Waals surface area contributed by atoms with Gasteiger partial charge in [-0.15, -0.1) is 0 Å². The van der Waals surface area contributed by atoms with Crippen molar-refractivity contribution < 1.29 is 13.5 Å². The third-order valence-electron chi connectivity index (χ3n) is 6.55. The minimum Gasteiger partial charge on any atom is -0.372 e. The fraction of sp³-hybridized carbons (Fsp3) is 0.600. The molecule has 0 aliphatic heterocycles. The van der Waals surface area contributed by atoms with Crippen LogP contribution in [-0.4, -0.2) is 31.1 Å². The molecule has 0 bridgehead atoms. The molecule has 2 aromatic rings. The summed E-state index contributed by atoms with van der Waals surface area (Å²) in [5, 5.41) is 0. The Balaban J connectivity index is 0.000000533. The van der Waals surface area contributed by atoms with Gasteiger partial charge in [-0.3, -0.25) is 4.90 Å². The minimum absolute atomic E-state index is 0.0810. The molecule has 0 saturated heterocycles. The smallest absolute Gasteiger partial charge is 0.129 e. The van der Waals surface area contributed by atoms with Crippen LogP contribution in [0, 0.1) is 44.2 Å². The molecule has 0 radical (unpaired) electrons. The van der Waals surface area contributed by atoms with Crippen LogP contribution in [0.25, 0.3) is 0 Å². The van der Waals surface area contributed by atoms with Crippen LogP contribution in [0.15, 0.2) is 36.4 Å². The molecule has 3 atom stereocenters. The Morgan fingerprint density at radius 3 is 1.65 bits per heavy atom. The van der Waals surface area contributed by atoms with Gasteiger partial charge >= 0.3 is 0 Å². The van der Waals surface area contributed by atoms with Crippen LogP contribution >= 0.6 is 0 Å². The lowest BCUT2D eigenvalue weighted by Gasteiger charge is -2.32. The van der Waals surface area contributed by atoms with Crippen molar-refractivity contribution >= 4 is 0 Å². The largest absolute Gasteiger partial charge is 0.372 e. The molecule has 0 heterocycles. The fourth-order valence-corrected chi connectivity index (χ4v) is 4.00. The monoisotopic (exact) mass is 475 g/mol. The van der Waals surface area contributed by atoms with Gasteiger partial charge < -0.3 is 4.74 Å². The summed E-state index contributed by atoms with van der Waals surface area (Å²) in [5.74, 6) is 0.479. The van der Waals surface area contributed by atoms with Gasteiger partial charge in [0.05, 0.1) is 6.10 Å². The van der Waals surface area contributed by atoms with Gasteiger partial charge in [-0.05, 0) is 67.9 Å². The minimum atomic E-state index is -0.491. The summed E-state index contributed by atoms with van der Waals surface area (Å²) in [7, 11) is 0. The van der Waals surface area contributed by atoms with Crippen molar-refractivity contribution in [1.29, 1.82) is 0 Å². The topological polar surface area (TPSA) is 12.5 Å². The van der Waals surface area contributed by atoms with Gasteiger partial charge in [0.25, 0.3) is 0 Å². The van der Waals surface area contributed by atoms with Gasteiger partial charge in [-0.1, -0.05) is 71.7 Å². The summed E-state index contributed by atoms with van der Waals surface area (Å²) < 4.78 is 31.0. The number of hydrogen-bond donors (Lipinski definition) is 0. The molecule has 0 N–H and O–H groups in total. The molecule has 3 unspecified atom stereocenters. The van der Waals surface area contributed by atoms with E-state index in [2.05, 4.69) is 71.6 Å². The second-order valence-corrected chi connectivity index (χ2v) is 9.76. The maximum Gasteiger partial charge on any atom is 0.129 e. The van der Waals surface area contributed by atoms with Crippen molar-refractivity contribution in [2.45, 2.75) is 80.8 Å². The predicted octanol–water partition coefficient (Wildman–Crippen LogP) is 8.44. The molecule has 0 aromatic heterocycles. The van der Waals surface area contributed by atoms with Crippen molar-refractivity contribution in [1.82, 2.24) is 4.90 Å². The number of hydrogen-bond acceptors (Lipinski definition) is 2. The van der Waals surface area contributed by atoms with Crippen LogP contribution in [0.2, 0.25) is 0 Å². The first-order valence-electron chi connectivity index (χ1n) is 12.9. The second-order valence-electron chi connectivity index (χ2n) is 9.76. The van der Waals surface area contributed by atoms with Gasteiger partial charge in [0, 0.05) is 31.8 Å². The highest BCUT2D eigenvalue weighted by atomic mass is 19.1. The number of ether oxygens (including phenoxy) is 1. The van der Waals surface area contributed by atoms with E-state index in [-0.39, 0.29) is 11.7 Å². The van der Waals surface area contributed by atoms with Gasteiger partial charge in [0.15, 0.2) is 0 Å². The van der Waals surface area contributed by atoms with Crippen LogP contribution in [0.4, 0.5) is 8.78 Å². The van der Waals surface area contributed by atoms with Crippen molar-refractivity contribution in [3.8, 4) is 0 Å². The molecule has 34 heavy (non-hydrogen) atoms. The van der Waals surface area contributed by atoms with E-state index in [0.717, 1.165) is 44.5 Å². The van der Waals surface area contributed by atoms with Crippen LogP contribution in [-0.2, 0) is 4.74 Å². The van der Waals surface area contributed by atoms with Crippen molar-refractivity contribution in [2.75, 3.05) is 26.2 Å². The molecule has 0 spiro atoms. The quantitative estimate of drug-likeness (QED) is 0.305. The molecule has 0 saturated carbocycles. The van der Waals surface area contributed by atoms with Crippen molar-refractivity contribution in [2.24, 2.45) is 11.8 Å². The number of benzene rings is 2.